The fraction of sp³-hybridized carbons (Fsp3) is 0.417. The van der Waals surface area contributed by atoms with E-state index in [1.54, 1.807) is 19.2 Å². The van der Waals surface area contributed by atoms with E-state index in [1.807, 2.05) is 12.1 Å². The first-order valence-corrected chi connectivity index (χ1v) is 13.3. The zero-order valence-corrected chi connectivity index (χ0v) is 20.3. The largest absolute Gasteiger partial charge is 0.298 e. The molecule has 4 rings (SSSR count). The first-order chi connectivity index (χ1) is 15.3. The summed E-state index contributed by atoms with van der Waals surface area (Å²) in [7, 11) is -1.92. The topological polar surface area (TPSA) is 79.4 Å². The van der Waals surface area contributed by atoms with Crippen LogP contribution < -0.4 is 5.32 Å². The molecule has 1 amide bonds. The number of nitrogens with zero attached hydrogens (tertiary/aromatic N) is 2. The Kier molecular flexibility index (Phi) is 6.65. The van der Waals surface area contributed by atoms with Crippen molar-refractivity contribution in [2.75, 3.05) is 12.4 Å². The number of benzene rings is 2. The fourth-order valence-corrected chi connectivity index (χ4v) is 6.56. The minimum atomic E-state index is -3.58. The number of thiazole rings is 1. The Balaban J connectivity index is 1.50. The number of aromatic nitrogens is 1. The number of fused-ring (bicyclic) bond motifs is 1. The molecule has 1 heterocycles. The number of hydrogen-bond acceptors (Lipinski definition) is 5. The fourth-order valence-electron chi connectivity index (χ4n) is 4.24. The normalized spacial score (nSPS) is 15.5. The summed E-state index contributed by atoms with van der Waals surface area (Å²) in [6, 6.07) is 12.3. The third-order valence-corrected chi connectivity index (χ3v) is 9.04. The minimum absolute atomic E-state index is 0.0477. The van der Waals surface area contributed by atoms with Crippen LogP contribution in [0.4, 0.5) is 5.13 Å². The van der Waals surface area contributed by atoms with E-state index >= 15 is 0 Å². The maximum Gasteiger partial charge on any atom is 0.257 e. The third kappa shape index (κ3) is 4.58. The van der Waals surface area contributed by atoms with Crippen LogP contribution in [0.1, 0.15) is 67.8 Å². The zero-order chi connectivity index (χ0) is 22.9. The lowest BCUT2D eigenvalue weighted by molar-refractivity contribution is 0.102. The van der Waals surface area contributed by atoms with Crippen molar-refractivity contribution in [3.63, 3.8) is 0 Å². The summed E-state index contributed by atoms with van der Waals surface area (Å²) >= 11 is 1.43. The van der Waals surface area contributed by atoms with Gasteiger partial charge in [0.05, 0.1) is 15.1 Å². The summed E-state index contributed by atoms with van der Waals surface area (Å²) in [5.74, 6) is 0.0327. The van der Waals surface area contributed by atoms with Crippen molar-refractivity contribution in [1.82, 2.24) is 9.29 Å². The van der Waals surface area contributed by atoms with E-state index in [4.69, 9.17) is 0 Å². The van der Waals surface area contributed by atoms with E-state index in [-0.39, 0.29) is 16.8 Å². The summed E-state index contributed by atoms with van der Waals surface area (Å²) < 4.78 is 28.5. The van der Waals surface area contributed by atoms with Gasteiger partial charge in [-0.2, -0.15) is 4.31 Å². The molecule has 1 aliphatic rings. The van der Waals surface area contributed by atoms with E-state index in [1.165, 1.54) is 34.2 Å². The molecule has 0 unspecified atom stereocenters. The summed E-state index contributed by atoms with van der Waals surface area (Å²) in [6.45, 7) is 4.24. The van der Waals surface area contributed by atoms with Gasteiger partial charge in [-0.15, -0.1) is 0 Å². The van der Waals surface area contributed by atoms with Crippen molar-refractivity contribution in [2.24, 2.45) is 0 Å². The summed E-state index contributed by atoms with van der Waals surface area (Å²) in [5.41, 5.74) is 2.46. The Labute approximate surface area is 193 Å². The van der Waals surface area contributed by atoms with Crippen molar-refractivity contribution in [2.45, 2.75) is 62.8 Å². The van der Waals surface area contributed by atoms with Crippen LogP contribution in [0.25, 0.3) is 10.2 Å². The van der Waals surface area contributed by atoms with Crippen LogP contribution in [0.2, 0.25) is 0 Å². The first kappa shape index (κ1) is 22.9. The van der Waals surface area contributed by atoms with Crippen LogP contribution in [0.5, 0.6) is 0 Å². The maximum absolute atomic E-state index is 13.0. The number of anilines is 1. The number of carbonyl (C=O) groups is 1. The zero-order valence-electron chi connectivity index (χ0n) is 18.7. The van der Waals surface area contributed by atoms with Gasteiger partial charge in [0.1, 0.15) is 0 Å². The SMILES string of the molecule is CC(C)c1cccc2sc(NC(=O)c3ccc(S(=O)(=O)N(C)C4CCCCC4)cc3)nc12. The number of para-hydroxylation sites is 1. The van der Waals surface area contributed by atoms with E-state index in [2.05, 4.69) is 30.2 Å². The molecule has 0 atom stereocenters. The first-order valence-electron chi connectivity index (χ1n) is 11.1. The summed E-state index contributed by atoms with van der Waals surface area (Å²) in [5, 5.41) is 3.39. The molecule has 0 saturated heterocycles. The number of carbonyl (C=O) groups excluding carboxylic acids is 1. The summed E-state index contributed by atoms with van der Waals surface area (Å²) in [6.07, 6.45) is 5.09. The smallest absolute Gasteiger partial charge is 0.257 e. The van der Waals surface area contributed by atoms with Crippen LogP contribution in [0.3, 0.4) is 0 Å². The molecule has 3 aromatic rings. The molecular formula is C24H29N3O3S2. The van der Waals surface area contributed by atoms with Crippen molar-refractivity contribution >= 4 is 42.6 Å². The quantitative estimate of drug-likeness (QED) is 0.506. The van der Waals surface area contributed by atoms with E-state index in [0.29, 0.717) is 16.6 Å². The molecule has 1 aliphatic carbocycles. The van der Waals surface area contributed by atoms with Gasteiger partial charge in [0.2, 0.25) is 10.0 Å². The van der Waals surface area contributed by atoms with Gasteiger partial charge >= 0.3 is 0 Å². The van der Waals surface area contributed by atoms with Crippen LogP contribution >= 0.6 is 11.3 Å². The number of amides is 1. The molecule has 1 aromatic heterocycles. The van der Waals surface area contributed by atoms with Gasteiger partial charge in [0, 0.05) is 18.7 Å². The Morgan fingerprint density at radius 1 is 1.09 bits per heavy atom. The second-order valence-corrected chi connectivity index (χ2v) is 11.7. The van der Waals surface area contributed by atoms with E-state index < -0.39 is 10.0 Å². The van der Waals surface area contributed by atoms with Crippen molar-refractivity contribution in [3.05, 3.63) is 53.6 Å². The molecule has 1 fully saturated rings. The highest BCUT2D eigenvalue weighted by molar-refractivity contribution is 7.89. The Bertz CT molecular complexity index is 1210. The molecule has 0 aliphatic heterocycles. The van der Waals surface area contributed by atoms with Gasteiger partial charge in [-0.3, -0.25) is 10.1 Å². The van der Waals surface area contributed by atoms with Gasteiger partial charge < -0.3 is 0 Å². The number of hydrogen-bond donors (Lipinski definition) is 1. The van der Waals surface area contributed by atoms with Crippen LogP contribution in [-0.4, -0.2) is 36.7 Å². The van der Waals surface area contributed by atoms with Gasteiger partial charge in [0.15, 0.2) is 5.13 Å². The highest BCUT2D eigenvalue weighted by Gasteiger charge is 2.29. The molecule has 2 aromatic carbocycles. The third-order valence-electron chi connectivity index (χ3n) is 6.18. The maximum atomic E-state index is 13.0. The molecule has 1 N–H and O–H groups in total. The van der Waals surface area contributed by atoms with Gasteiger partial charge in [0.25, 0.3) is 5.91 Å². The lowest BCUT2D eigenvalue weighted by atomic mass is 9.96. The van der Waals surface area contributed by atoms with Crippen LogP contribution in [-0.2, 0) is 10.0 Å². The molecule has 0 spiro atoms. The molecule has 170 valence electrons. The number of rotatable bonds is 6. The average Bonchev–Trinajstić information content (AvgIpc) is 3.21. The van der Waals surface area contributed by atoms with Crippen LogP contribution in [0, 0.1) is 0 Å². The molecule has 32 heavy (non-hydrogen) atoms. The lowest BCUT2D eigenvalue weighted by Gasteiger charge is -2.30. The highest BCUT2D eigenvalue weighted by atomic mass is 32.2. The van der Waals surface area contributed by atoms with E-state index in [0.717, 1.165) is 41.5 Å². The predicted octanol–water partition coefficient (Wildman–Crippen LogP) is 5.63. The monoisotopic (exact) mass is 471 g/mol. The minimum Gasteiger partial charge on any atom is -0.298 e. The van der Waals surface area contributed by atoms with Crippen molar-refractivity contribution in [3.8, 4) is 0 Å². The number of nitrogens with one attached hydrogen (secondary N) is 1. The molecule has 0 bridgehead atoms. The number of sulfonamides is 1. The molecule has 0 radical (unpaired) electrons. The predicted molar refractivity (Wildman–Crippen MR) is 130 cm³/mol. The Morgan fingerprint density at radius 2 is 1.78 bits per heavy atom. The lowest BCUT2D eigenvalue weighted by Crippen LogP contribution is -2.38. The molecule has 8 heteroatoms. The standard InChI is InChI=1S/C24H29N3O3S2/c1-16(2)20-10-7-11-21-22(20)25-24(31-21)26-23(28)17-12-14-19(15-13-17)32(29,30)27(3)18-8-5-4-6-9-18/h7,10-16,18H,4-6,8-9H2,1-3H3,(H,25,26,28). The molecule has 1 saturated carbocycles. The van der Waals surface area contributed by atoms with Crippen molar-refractivity contribution < 1.29 is 13.2 Å². The van der Waals surface area contributed by atoms with Gasteiger partial charge in [-0.1, -0.05) is 56.6 Å². The van der Waals surface area contributed by atoms with Gasteiger partial charge in [-0.05, 0) is 54.7 Å². The Morgan fingerprint density at radius 3 is 2.44 bits per heavy atom. The second-order valence-electron chi connectivity index (χ2n) is 8.66. The highest BCUT2D eigenvalue weighted by Crippen LogP contribution is 2.32. The van der Waals surface area contributed by atoms with Crippen LogP contribution in [0.15, 0.2) is 47.4 Å². The summed E-state index contributed by atoms with van der Waals surface area (Å²) in [4.78, 5) is 17.6. The van der Waals surface area contributed by atoms with E-state index in [9.17, 15) is 13.2 Å². The van der Waals surface area contributed by atoms with Crippen molar-refractivity contribution in [1.29, 1.82) is 0 Å². The second kappa shape index (κ2) is 9.29. The van der Waals surface area contributed by atoms with Gasteiger partial charge in [-0.25, -0.2) is 13.4 Å². The average molecular weight is 472 g/mol. The molecule has 6 nitrogen and oxygen atoms in total. The Hall–Kier alpha value is -2.29. The molecular weight excluding hydrogens is 442 g/mol.